The maximum atomic E-state index is 10.7. The molecule has 5 heteroatoms. The van der Waals surface area contributed by atoms with Crippen LogP contribution in [0.1, 0.15) is 5.56 Å². The van der Waals surface area contributed by atoms with Gasteiger partial charge in [0.15, 0.2) is 6.61 Å². The second-order valence-corrected chi connectivity index (χ2v) is 4.70. The number of benzene rings is 2. The van der Waals surface area contributed by atoms with E-state index in [1.807, 2.05) is 42.5 Å². The number of halogens is 1. The van der Waals surface area contributed by atoms with Gasteiger partial charge in [0.2, 0.25) is 0 Å². The molecule has 0 heterocycles. The number of carbonyl (C=O) groups is 1. The van der Waals surface area contributed by atoms with E-state index < -0.39 is 5.91 Å². The summed E-state index contributed by atoms with van der Waals surface area (Å²) in [5, 5.41) is 3.97. The minimum atomic E-state index is -0.498. The molecule has 3 N–H and O–H groups in total. The highest BCUT2D eigenvalue weighted by atomic mass is 35.5. The van der Waals surface area contributed by atoms with E-state index in [9.17, 15) is 4.79 Å². The first kappa shape index (κ1) is 14.2. The maximum Gasteiger partial charge on any atom is 0.255 e. The Morgan fingerprint density at radius 2 is 2.00 bits per heavy atom. The molecule has 1 amide bonds. The monoisotopic (exact) mass is 290 g/mol. The van der Waals surface area contributed by atoms with Crippen molar-refractivity contribution in [3.05, 3.63) is 59.1 Å². The molecule has 0 aliphatic carbocycles. The summed E-state index contributed by atoms with van der Waals surface area (Å²) in [7, 11) is 0. The summed E-state index contributed by atoms with van der Waals surface area (Å²) in [5.41, 5.74) is 7.01. The topological polar surface area (TPSA) is 64.4 Å². The molecule has 0 aromatic heterocycles. The molecule has 0 aliphatic heterocycles. The van der Waals surface area contributed by atoms with Crippen LogP contribution in [-0.4, -0.2) is 12.5 Å². The number of primary amides is 1. The fraction of sp³-hybridized carbons (Fsp3) is 0.133. The average molecular weight is 291 g/mol. The molecule has 0 unspecified atom stereocenters. The number of carbonyl (C=O) groups excluding carboxylic acids is 1. The Morgan fingerprint density at radius 1 is 1.20 bits per heavy atom. The third kappa shape index (κ3) is 4.48. The number of nitrogens with two attached hydrogens (primary N) is 1. The predicted octanol–water partition coefficient (Wildman–Crippen LogP) is 2.82. The third-order valence-corrected chi connectivity index (χ3v) is 2.84. The summed E-state index contributed by atoms with van der Waals surface area (Å²) in [6.07, 6.45) is 0. The Kier molecular flexibility index (Phi) is 4.85. The number of hydrogen-bond acceptors (Lipinski definition) is 3. The summed E-state index contributed by atoms with van der Waals surface area (Å²) >= 11 is 5.93. The van der Waals surface area contributed by atoms with Gasteiger partial charge in [-0.05, 0) is 29.8 Å². The van der Waals surface area contributed by atoms with Crippen LogP contribution >= 0.6 is 11.6 Å². The first-order chi connectivity index (χ1) is 9.63. The molecule has 4 nitrogen and oxygen atoms in total. The Bertz CT molecular complexity index is 602. The number of anilines is 1. The largest absolute Gasteiger partial charge is 0.484 e. The lowest BCUT2D eigenvalue weighted by Crippen LogP contribution is -2.20. The molecular formula is C15H15ClN2O2. The van der Waals surface area contributed by atoms with Crippen LogP contribution in [0.15, 0.2) is 48.5 Å². The quantitative estimate of drug-likeness (QED) is 0.860. The van der Waals surface area contributed by atoms with E-state index in [2.05, 4.69) is 5.32 Å². The van der Waals surface area contributed by atoms with Crippen molar-refractivity contribution in [2.45, 2.75) is 6.54 Å². The minimum Gasteiger partial charge on any atom is -0.484 e. The molecule has 20 heavy (non-hydrogen) atoms. The summed E-state index contributed by atoms with van der Waals surface area (Å²) in [4.78, 5) is 10.7. The second-order valence-electron chi connectivity index (χ2n) is 4.27. The normalized spacial score (nSPS) is 10.1. The van der Waals surface area contributed by atoms with Crippen molar-refractivity contribution in [1.29, 1.82) is 0 Å². The zero-order valence-electron chi connectivity index (χ0n) is 10.8. The van der Waals surface area contributed by atoms with Crippen molar-refractivity contribution in [3.8, 4) is 5.75 Å². The van der Waals surface area contributed by atoms with E-state index in [0.717, 1.165) is 11.3 Å². The van der Waals surface area contributed by atoms with Crippen LogP contribution < -0.4 is 15.8 Å². The Hall–Kier alpha value is -2.20. The molecule has 0 spiro atoms. The molecule has 0 radical (unpaired) electrons. The van der Waals surface area contributed by atoms with Gasteiger partial charge in [0.25, 0.3) is 5.91 Å². The van der Waals surface area contributed by atoms with Crippen LogP contribution in [0.4, 0.5) is 5.69 Å². The van der Waals surface area contributed by atoms with E-state index in [-0.39, 0.29) is 6.61 Å². The van der Waals surface area contributed by atoms with Gasteiger partial charge < -0.3 is 15.8 Å². The Labute approximate surface area is 122 Å². The van der Waals surface area contributed by atoms with Gasteiger partial charge in [0, 0.05) is 23.3 Å². The summed E-state index contributed by atoms with van der Waals surface area (Å²) in [6.45, 7) is 0.525. The summed E-state index contributed by atoms with van der Waals surface area (Å²) < 4.78 is 5.24. The lowest BCUT2D eigenvalue weighted by Gasteiger charge is -2.09. The molecule has 104 valence electrons. The molecule has 0 fully saturated rings. The zero-order chi connectivity index (χ0) is 14.4. The van der Waals surface area contributed by atoms with Gasteiger partial charge in [-0.15, -0.1) is 0 Å². The van der Waals surface area contributed by atoms with Gasteiger partial charge in [-0.3, -0.25) is 4.79 Å². The number of hydrogen-bond donors (Lipinski definition) is 2. The average Bonchev–Trinajstić information content (AvgIpc) is 2.43. The third-order valence-electron chi connectivity index (χ3n) is 2.60. The van der Waals surface area contributed by atoms with Crippen molar-refractivity contribution in [2.24, 2.45) is 5.73 Å². The Morgan fingerprint density at radius 3 is 2.75 bits per heavy atom. The second kappa shape index (κ2) is 6.82. The number of ether oxygens (including phenoxy) is 1. The minimum absolute atomic E-state index is 0.127. The van der Waals surface area contributed by atoms with Crippen LogP contribution in [0.2, 0.25) is 5.02 Å². The highest BCUT2D eigenvalue weighted by Gasteiger charge is 2.00. The van der Waals surface area contributed by atoms with Crippen LogP contribution in [0.25, 0.3) is 0 Å². The van der Waals surface area contributed by atoms with Crippen LogP contribution in [-0.2, 0) is 11.3 Å². The molecule has 2 aromatic carbocycles. The zero-order valence-corrected chi connectivity index (χ0v) is 11.6. The lowest BCUT2D eigenvalue weighted by atomic mass is 10.2. The fourth-order valence-corrected chi connectivity index (χ4v) is 1.91. The fourth-order valence-electron chi connectivity index (χ4n) is 1.70. The van der Waals surface area contributed by atoms with Crippen molar-refractivity contribution in [1.82, 2.24) is 0 Å². The van der Waals surface area contributed by atoms with E-state index in [4.69, 9.17) is 22.1 Å². The Balaban J connectivity index is 1.95. The standard InChI is InChI=1S/C15H15ClN2O2/c16-12-4-1-3-11(7-12)9-18-13-5-2-6-14(8-13)20-10-15(17)19/h1-8,18H,9-10H2,(H2,17,19). The molecule has 0 aliphatic rings. The lowest BCUT2D eigenvalue weighted by molar-refractivity contribution is -0.119. The van der Waals surface area contributed by atoms with Gasteiger partial charge in [-0.25, -0.2) is 0 Å². The predicted molar refractivity (Wildman–Crippen MR) is 79.9 cm³/mol. The molecule has 0 atom stereocenters. The van der Waals surface area contributed by atoms with E-state index in [1.54, 1.807) is 6.07 Å². The molecule has 2 aromatic rings. The van der Waals surface area contributed by atoms with Crippen molar-refractivity contribution in [3.63, 3.8) is 0 Å². The van der Waals surface area contributed by atoms with E-state index >= 15 is 0 Å². The number of rotatable bonds is 6. The van der Waals surface area contributed by atoms with Gasteiger partial charge in [0.05, 0.1) is 0 Å². The van der Waals surface area contributed by atoms with Crippen LogP contribution in [0, 0.1) is 0 Å². The highest BCUT2D eigenvalue weighted by Crippen LogP contribution is 2.18. The maximum absolute atomic E-state index is 10.7. The van der Waals surface area contributed by atoms with Crippen LogP contribution in [0.5, 0.6) is 5.75 Å². The van der Waals surface area contributed by atoms with Gasteiger partial charge in [-0.2, -0.15) is 0 Å². The van der Waals surface area contributed by atoms with Crippen molar-refractivity contribution >= 4 is 23.2 Å². The molecular weight excluding hydrogens is 276 g/mol. The summed E-state index contributed by atoms with van der Waals surface area (Å²) in [6, 6.07) is 15.0. The van der Waals surface area contributed by atoms with Crippen molar-refractivity contribution in [2.75, 3.05) is 11.9 Å². The smallest absolute Gasteiger partial charge is 0.255 e. The summed E-state index contributed by atoms with van der Waals surface area (Å²) in [5.74, 6) is 0.0992. The highest BCUT2D eigenvalue weighted by molar-refractivity contribution is 6.30. The number of nitrogens with one attached hydrogen (secondary N) is 1. The first-order valence-corrected chi connectivity index (χ1v) is 6.51. The molecule has 0 bridgehead atoms. The molecule has 2 rings (SSSR count). The van der Waals surface area contributed by atoms with E-state index in [0.29, 0.717) is 17.3 Å². The van der Waals surface area contributed by atoms with E-state index in [1.165, 1.54) is 0 Å². The first-order valence-electron chi connectivity index (χ1n) is 6.13. The SMILES string of the molecule is NC(=O)COc1cccc(NCc2cccc(Cl)c2)c1. The van der Waals surface area contributed by atoms with Gasteiger partial charge >= 0.3 is 0 Å². The molecule has 0 saturated heterocycles. The number of amides is 1. The van der Waals surface area contributed by atoms with Crippen molar-refractivity contribution < 1.29 is 9.53 Å². The van der Waals surface area contributed by atoms with Crippen LogP contribution in [0.3, 0.4) is 0 Å². The molecule has 0 saturated carbocycles. The van der Waals surface area contributed by atoms with Gasteiger partial charge in [-0.1, -0.05) is 29.8 Å². The van der Waals surface area contributed by atoms with Gasteiger partial charge in [0.1, 0.15) is 5.75 Å².